The maximum Gasteiger partial charge on any atom is 0.343 e. The smallest absolute Gasteiger partial charge is 0.343 e. The van der Waals surface area contributed by atoms with Gasteiger partial charge in [-0.1, -0.05) is 87.6 Å². The molecule has 4 heteroatoms. The summed E-state index contributed by atoms with van der Waals surface area (Å²) in [6.07, 6.45) is 7.29. The van der Waals surface area contributed by atoms with Gasteiger partial charge >= 0.3 is 5.97 Å². The van der Waals surface area contributed by atoms with Crippen LogP contribution in [-0.4, -0.2) is 19.2 Å². The molecule has 1 atom stereocenters. The summed E-state index contributed by atoms with van der Waals surface area (Å²) in [7, 11) is 0. The number of hydrogen-bond donors (Lipinski definition) is 0. The molecular weight excluding hydrogens is 436 g/mol. The van der Waals surface area contributed by atoms with Gasteiger partial charge in [-0.05, 0) is 61.2 Å². The summed E-state index contributed by atoms with van der Waals surface area (Å²) in [6, 6.07) is 23.2. The third-order valence-electron chi connectivity index (χ3n) is 6.06. The van der Waals surface area contributed by atoms with E-state index in [-0.39, 0.29) is 6.10 Å². The fourth-order valence-electron chi connectivity index (χ4n) is 3.97. The molecule has 3 aromatic rings. The number of rotatable bonds is 14. The summed E-state index contributed by atoms with van der Waals surface area (Å²) in [6.45, 7) is 7.59. The second-order valence-electron chi connectivity index (χ2n) is 8.75. The summed E-state index contributed by atoms with van der Waals surface area (Å²) in [5.41, 5.74) is 3.78. The van der Waals surface area contributed by atoms with E-state index in [1.165, 1.54) is 25.7 Å². The maximum absolute atomic E-state index is 12.8. The van der Waals surface area contributed by atoms with Crippen LogP contribution in [0, 0.1) is 0 Å². The zero-order valence-corrected chi connectivity index (χ0v) is 21.3. The molecule has 0 N–H and O–H groups in total. The van der Waals surface area contributed by atoms with Gasteiger partial charge < -0.3 is 14.2 Å². The van der Waals surface area contributed by atoms with E-state index >= 15 is 0 Å². The van der Waals surface area contributed by atoms with Crippen LogP contribution >= 0.6 is 0 Å². The molecule has 0 aliphatic heterocycles. The van der Waals surface area contributed by atoms with Crippen LogP contribution < -0.4 is 9.47 Å². The van der Waals surface area contributed by atoms with Crippen molar-refractivity contribution in [2.45, 2.75) is 65.4 Å². The molecule has 0 fully saturated rings. The Kier molecular flexibility index (Phi) is 10.8. The lowest BCUT2D eigenvalue weighted by atomic mass is 10.0. The largest absolute Gasteiger partial charge is 0.490 e. The number of carbonyl (C=O) groups is 1. The first-order valence-corrected chi connectivity index (χ1v) is 12.9. The Labute approximate surface area is 210 Å². The number of para-hydroxylation sites is 2. The Morgan fingerprint density at radius 3 is 2.00 bits per heavy atom. The van der Waals surface area contributed by atoms with Crippen LogP contribution in [-0.2, 0) is 4.74 Å². The van der Waals surface area contributed by atoms with E-state index in [4.69, 9.17) is 14.2 Å². The highest BCUT2D eigenvalue weighted by atomic mass is 16.6. The van der Waals surface area contributed by atoms with Crippen molar-refractivity contribution in [2.24, 2.45) is 0 Å². The Bertz CT molecular complexity index is 1020. The quantitative estimate of drug-likeness (QED) is 0.134. The van der Waals surface area contributed by atoms with Crippen molar-refractivity contribution in [3.63, 3.8) is 0 Å². The molecular formula is C31H38O4. The molecule has 0 aliphatic carbocycles. The van der Waals surface area contributed by atoms with Gasteiger partial charge in [0.2, 0.25) is 0 Å². The first-order valence-electron chi connectivity index (χ1n) is 12.9. The summed E-state index contributed by atoms with van der Waals surface area (Å²) >= 11 is 0. The highest BCUT2D eigenvalue weighted by Gasteiger charge is 2.13. The van der Waals surface area contributed by atoms with Crippen molar-refractivity contribution in [3.8, 4) is 22.6 Å². The highest BCUT2D eigenvalue weighted by Crippen LogP contribution is 2.28. The number of hydrogen-bond acceptors (Lipinski definition) is 4. The van der Waals surface area contributed by atoms with E-state index in [2.05, 4.69) is 38.1 Å². The molecule has 0 saturated heterocycles. The Hall–Kier alpha value is -3.11. The van der Waals surface area contributed by atoms with E-state index in [0.29, 0.717) is 30.3 Å². The zero-order chi connectivity index (χ0) is 24.9. The molecule has 0 saturated carbocycles. The molecule has 3 rings (SSSR count). The van der Waals surface area contributed by atoms with Crippen molar-refractivity contribution in [2.75, 3.05) is 13.2 Å². The van der Waals surface area contributed by atoms with Crippen LogP contribution in [0.3, 0.4) is 0 Å². The zero-order valence-electron chi connectivity index (χ0n) is 21.3. The van der Waals surface area contributed by atoms with Crippen LogP contribution in [0.2, 0.25) is 0 Å². The number of carbonyl (C=O) groups excluding carboxylic acids is 1. The number of benzene rings is 3. The molecule has 3 aromatic carbocycles. The average molecular weight is 475 g/mol. The van der Waals surface area contributed by atoms with Crippen molar-refractivity contribution in [1.29, 1.82) is 0 Å². The average Bonchev–Trinajstić information content (AvgIpc) is 2.89. The normalized spacial score (nSPS) is 11.7. The van der Waals surface area contributed by atoms with E-state index < -0.39 is 5.97 Å². The molecule has 35 heavy (non-hydrogen) atoms. The van der Waals surface area contributed by atoms with E-state index in [0.717, 1.165) is 29.5 Å². The maximum atomic E-state index is 12.8. The second-order valence-corrected chi connectivity index (χ2v) is 8.75. The van der Waals surface area contributed by atoms with Crippen molar-refractivity contribution in [1.82, 2.24) is 0 Å². The van der Waals surface area contributed by atoms with Gasteiger partial charge in [0.15, 0.2) is 11.5 Å². The molecule has 0 aliphatic rings. The number of unbranched alkanes of at least 4 members (excludes halogenated alkanes) is 5. The van der Waals surface area contributed by atoms with Gasteiger partial charge in [-0.3, -0.25) is 0 Å². The standard InChI is InChI=1S/C31H38O4/c1-4-6-7-8-9-12-23-34-29-13-10-11-14-30(29)35-31(32)28-21-19-27(20-22-28)26-17-15-25(16-18-26)24(3)33-5-2/h10-11,13-22,24H,4-9,12,23H2,1-3H3. The predicted octanol–water partition coefficient (Wildman–Crippen LogP) is 8.41. The SMILES string of the molecule is CCCCCCCCOc1ccccc1OC(=O)c1ccc(-c2ccc(C(C)OCC)cc2)cc1. The molecule has 0 heterocycles. The predicted molar refractivity (Wildman–Crippen MR) is 142 cm³/mol. The minimum Gasteiger partial charge on any atom is -0.490 e. The van der Waals surface area contributed by atoms with Crippen molar-refractivity contribution < 1.29 is 19.0 Å². The van der Waals surface area contributed by atoms with E-state index in [1.807, 2.05) is 37.3 Å². The van der Waals surface area contributed by atoms with Crippen LogP contribution in [0.1, 0.15) is 81.3 Å². The van der Waals surface area contributed by atoms with Gasteiger partial charge in [0.25, 0.3) is 0 Å². The summed E-state index contributed by atoms with van der Waals surface area (Å²) < 4.78 is 17.2. The fourth-order valence-corrected chi connectivity index (χ4v) is 3.97. The van der Waals surface area contributed by atoms with Gasteiger partial charge in [-0.2, -0.15) is 0 Å². The molecule has 0 spiro atoms. The molecule has 0 aromatic heterocycles. The first-order chi connectivity index (χ1) is 17.1. The van der Waals surface area contributed by atoms with Crippen molar-refractivity contribution in [3.05, 3.63) is 83.9 Å². The fraction of sp³-hybridized carbons (Fsp3) is 0.387. The number of esters is 1. The molecule has 186 valence electrons. The van der Waals surface area contributed by atoms with Crippen molar-refractivity contribution >= 4 is 5.97 Å². The van der Waals surface area contributed by atoms with Crippen LogP contribution in [0.25, 0.3) is 11.1 Å². The minimum absolute atomic E-state index is 0.0730. The van der Waals surface area contributed by atoms with Crippen LogP contribution in [0.4, 0.5) is 0 Å². The van der Waals surface area contributed by atoms with E-state index in [1.54, 1.807) is 18.2 Å². The molecule has 1 unspecified atom stereocenters. The van der Waals surface area contributed by atoms with Gasteiger partial charge in [0, 0.05) is 6.61 Å². The third kappa shape index (κ3) is 8.25. The highest BCUT2D eigenvalue weighted by molar-refractivity contribution is 5.92. The van der Waals surface area contributed by atoms with Crippen LogP contribution in [0.5, 0.6) is 11.5 Å². The summed E-state index contributed by atoms with van der Waals surface area (Å²) in [5, 5.41) is 0. The lowest BCUT2D eigenvalue weighted by Crippen LogP contribution is -2.09. The Balaban J connectivity index is 1.56. The lowest BCUT2D eigenvalue weighted by molar-refractivity contribution is 0.0727. The second kappa shape index (κ2) is 14.3. The molecule has 0 amide bonds. The monoisotopic (exact) mass is 474 g/mol. The summed E-state index contributed by atoms with van der Waals surface area (Å²) in [4.78, 5) is 12.8. The van der Waals surface area contributed by atoms with Gasteiger partial charge in [0.1, 0.15) is 0 Å². The van der Waals surface area contributed by atoms with Gasteiger partial charge in [0.05, 0.1) is 18.3 Å². The third-order valence-corrected chi connectivity index (χ3v) is 6.06. The molecule has 0 radical (unpaired) electrons. The Morgan fingerprint density at radius 1 is 0.743 bits per heavy atom. The first kappa shape index (κ1) is 26.5. The van der Waals surface area contributed by atoms with Gasteiger partial charge in [-0.15, -0.1) is 0 Å². The molecule has 0 bridgehead atoms. The summed E-state index contributed by atoms with van der Waals surface area (Å²) in [5.74, 6) is 0.659. The van der Waals surface area contributed by atoms with Crippen LogP contribution in [0.15, 0.2) is 72.8 Å². The lowest BCUT2D eigenvalue weighted by Gasteiger charge is -2.13. The Morgan fingerprint density at radius 2 is 1.34 bits per heavy atom. The topological polar surface area (TPSA) is 44.8 Å². The number of ether oxygens (including phenoxy) is 3. The molecule has 4 nitrogen and oxygen atoms in total. The van der Waals surface area contributed by atoms with Gasteiger partial charge in [-0.25, -0.2) is 4.79 Å². The van der Waals surface area contributed by atoms with E-state index in [9.17, 15) is 4.79 Å². The minimum atomic E-state index is -0.395.